The Morgan fingerprint density at radius 3 is 2.32 bits per heavy atom. The zero-order valence-electron chi connectivity index (χ0n) is 13.5. The van der Waals surface area contributed by atoms with Gasteiger partial charge in [0.05, 0.1) is 5.92 Å². The van der Waals surface area contributed by atoms with Crippen LogP contribution in [0.25, 0.3) is 0 Å². The first-order valence-electron chi connectivity index (χ1n) is 8.01. The van der Waals surface area contributed by atoms with Crippen LogP contribution in [0.1, 0.15) is 42.5 Å². The van der Waals surface area contributed by atoms with Gasteiger partial charge in [-0.05, 0) is 37.1 Å². The van der Waals surface area contributed by atoms with Gasteiger partial charge in [0.25, 0.3) is 11.8 Å². The highest BCUT2D eigenvalue weighted by Crippen LogP contribution is 2.24. The summed E-state index contributed by atoms with van der Waals surface area (Å²) in [5.41, 5.74) is 0.0913. The van der Waals surface area contributed by atoms with Crippen molar-refractivity contribution in [2.45, 2.75) is 38.7 Å². The Kier molecular flexibility index (Phi) is 6.85. The molecular weight excluding hydrogens is 336 g/mol. The van der Waals surface area contributed by atoms with Gasteiger partial charge in [0, 0.05) is 5.56 Å². The fourth-order valence-corrected chi connectivity index (χ4v) is 2.62. The Bertz CT molecular complexity index is 612. The van der Waals surface area contributed by atoms with Gasteiger partial charge in [-0.15, -0.1) is 0 Å². The van der Waals surface area contributed by atoms with Gasteiger partial charge in [0.2, 0.25) is 0 Å². The highest BCUT2D eigenvalue weighted by atomic mass is 19.3. The van der Waals surface area contributed by atoms with E-state index in [1.165, 1.54) is 24.3 Å². The highest BCUT2D eigenvalue weighted by Gasteiger charge is 2.23. The lowest BCUT2D eigenvalue weighted by molar-refractivity contribution is -0.153. The lowest BCUT2D eigenvalue weighted by atomic mass is 9.89. The Hall–Kier alpha value is -2.51. The smallest absolute Gasteiger partial charge is 0.387 e. The van der Waals surface area contributed by atoms with Crippen molar-refractivity contribution in [3.05, 3.63) is 29.8 Å². The normalized spacial score (nSPS) is 14.8. The molecule has 1 fully saturated rings. The van der Waals surface area contributed by atoms with Crippen LogP contribution in [-0.2, 0) is 14.3 Å². The van der Waals surface area contributed by atoms with Crippen molar-refractivity contribution in [3.63, 3.8) is 0 Å². The molecule has 1 aromatic carbocycles. The van der Waals surface area contributed by atoms with Crippen molar-refractivity contribution in [2.75, 3.05) is 6.61 Å². The summed E-state index contributed by atoms with van der Waals surface area (Å²) in [6.45, 7) is -3.49. The summed E-state index contributed by atoms with van der Waals surface area (Å²) < 4.78 is 33.2. The Labute approximate surface area is 143 Å². The summed E-state index contributed by atoms with van der Waals surface area (Å²) >= 11 is 0. The molecule has 25 heavy (non-hydrogen) atoms. The van der Waals surface area contributed by atoms with Gasteiger partial charge >= 0.3 is 12.6 Å². The van der Waals surface area contributed by atoms with Crippen LogP contribution in [0.2, 0.25) is 0 Å². The quantitative estimate of drug-likeness (QED) is 0.794. The van der Waals surface area contributed by atoms with E-state index in [9.17, 15) is 23.2 Å². The second-order valence-electron chi connectivity index (χ2n) is 5.72. The molecule has 0 aliphatic heterocycles. The van der Waals surface area contributed by atoms with Crippen molar-refractivity contribution in [1.82, 2.24) is 5.32 Å². The van der Waals surface area contributed by atoms with E-state index in [-0.39, 0.29) is 17.2 Å². The van der Waals surface area contributed by atoms with Gasteiger partial charge in [-0.1, -0.05) is 19.3 Å². The summed E-state index contributed by atoms with van der Waals surface area (Å²) in [6, 6.07) is 4.87. The lowest BCUT2D eigenvalue weighted by Gasteiger charge is -2.19. The topological polar surface area (TPSA) is 81.7 Å². The molecule has 0 spiro atoms. The maximum absolute atomic E-state index is 12.0. The molecule has 0 heterocycles. The van der Waals surface area contributed by atoms with Crippen LogP contribution in [-0.4, -0.2) is 31.0 Å². The molecular formula is C17H19F2NO5. The fraction of sp³-hybridized carbons (Fsp3) is 0.471. The van der Waals surface area contributed by atoms with Gasteiger partial charge in [0.1, 0.15) is 5.75 Å². The molecule has 136 valence electrons. The Morgan fingerprint density at radius 1 is 1.08 bits per heavy atom. The first-order valence-corrected chi connectivity index (χ1v) is 8.01. The number of amides is 2. The van der Waals surface area contributed by atoms with E-state index in [1.54, 1.807) is 0 Å². The number of ether oxygens (including phenoxy) is 2. The van der Waals surface area contributed by atoms with Gasteiger partial charge in [-0.25, -0.2) is 0 Å². The molecule has 1 aliphatic carbocycles. The molecule has 0 radical (unpaired) electrons. The zero-order chi connectivity index (χ0) is 18.2. The molecule has 0 atom stereocenters. The number of nitrogens with one attached hydrogen (secondary N) is 1. The van der Waals surface area contributed by atoms with E-state index >= 15 is 0 Å². The van der Waals surface area contributed by atoms with Crippen LogP contribution in [0, 0.1) is 5.92 Å². The number of benzene rings is 1. The zero-order valence-corrected chi connectivity index (χ0v) is 13.5. The van der Waals surface area contributed by atoms with E-state index in [0.717, 1.165) is 32.1 Å². The van der Waals surface area contributed by atoms with Crippen molar-refractivity contribution < 1.29 is 32.6 Å². The van der Waals surface area contributed by atoms with Crippen molar-refractivity contribution >= 4 is 17.8 Å². The predicted octanol–water partition coefficient (Wildman–Crippen LogP) is 2.67. The standard InChI is InChI=1S/C17H19F2NO5/c18-17(19)25-13-8-6-11(7-9-13)15(22)20-14(21)10-24-16(23)12-4-2-1-3-5-12/h6-9,12,17H,1-5,10H2,(H,20,21,22). The van der Waals surface area contributed by atoms with Crippen LogP contribution in [0.4, 0.5) is 8.78 Å². The van der Waals surface area contributed by atoms with E-state index in [0.29, 0.717) is 0 Å². The third-order valence-corrected chi connectivity index (χ3v) is 3.88. The summed E-state index contributed by atoms with van der Waals surface area (Å²) in [6.07, 6.45) is 4.55. The summed E-state index contributed by atoms with van der Waals surface area (Å²) in [5.74, 6) is -2.17. The molecule has 2 amide bonds. The number of halogens is 2. The number of hydrogen-bond donors (Lipinski definition) is 1. The third-order valence-electron chi connectivity index (χ3n) is 3.88. The third kappa shape index (κ3) is 6.13. The van der Waals surface area contributed by atoms with Crippen molar-refractivity contribution in [2.24, 2.45) is 5.92 Å². The SMILES string of the molecule is O=C(COC(=O)C1CCCCC1)NC(=O)c1ccc(OC(F)F)cc1. The molecule has 1 N–H and O–H groups in total. The number of rotatable bonds is 6. The predicted molar refractivity (Wildman–Crippen MR) is 83.1 cm³/mol. The van der Waals surface area contributed by atoms with Gasteiger partial charge in [0.15, 0.2) is 6.61 Å². The number of alkyl halides is 2. The number of carbonyl (C=O) groups excluding carboxylic acids is 3. The van der Waals surface area contributed by atoms with Crippen molar-refractivity contribution in [3.8, 4) is 5.75 Å². The van der Waals surface area contributed by atoms with Crippen molar-refractivity contribution in [1.29, 1.82) is 0 Å². The minimum Gasteiger partial charge on any atom is -0.455 e. The number of imide groups is 1. The molecule has 0 bridgehead atoms. The second-order valence-corrected chi connectivity index (χ2v) is 5.72. The van der Waals surface area contributed by atoms with E-state index in [1.807, 2.05) is 0 Å². The largest absolute Gasteiger partial charge is 0.455 e. The van der Waals surface area contributed by atoms with E-state index < -0.39 is 31.0 Å². The summed E-state index contributed by atoms with van der Waals surface area (Å²) in [4.78, 5) is 35.4. The molecule has 1 aliphatic rings. The first kappa shape index (κ1) is 18.8. The monoisotopic (exact) mass is 355 g/mol. The average molecular weight is 355 g/mol. The minimum atomic E-state index is -2.96. The Morgan fingerprint density at radius 2 is 1.72 bits per heavy atom. The molecule has 0 aromatic heterocycles. The maximum atomic E-state index is 12.0. The van der Waals surface area contributed by atoms with Crippen LogP contribution < -0.4 is 10.1 Å². The van der Waals surface area contributed by atoms with Gasteiger partial charge in [-0.3, -0.25) is 19.7 Å². The van der Waals surface area contributed by atoms with Gasteiger partial charge < -0.3 is 9.47 Å². The lowest BCUT2D eigenvalue weighted by Crippen LogP contribution is -2.35. The number of hydrogen-bond acceptors (Lipinski definition) is 5. The highest BCUT2D eigenvalue weighted by molar-refractivity contribution is 6.05. The summed E-state index contributed by atoms with van der Waals surface area (Å²) in [7, 11) is 0. The van der Waals surface area contributed by atoms with Crippen LogP contribution in [0.3, 0.4) is 0 Å². The van der Waals surface area contributed by atoms with E-state index in [2.05, 4.69) is 10.1 Å². The molecule has 6 nitrogen and oxygen atoms in total. The molecule has 0 unspecified atom stereocenters. The fourth-order valence-electron chi connectivity index (χ4n) is 2.62. The minimum absolute atomic E-state index is 0.0913. The Balaban J connectivity index is 1.77. The average Bonchev–Trinajstić information content (AvgIpc) is 2.60. The first-order chi connectivity index (χ1) is 12.0. The van der Waals surface area contributed by atoms with Crippen LogP contribution in [0.5, 0.6) is 5.75 Å². The van der Waals surface area contributed by atoms with E-state index in [4.69, 9.17) is 4.74 Å². The van der Waals surface area contributed by atoms with Crippen LogP contribution in [0.15, 0.2) is 24.3 Å². The number of carbonyl (C=O) groups is 3. The number of esters is 1. The molecule has 2 rings (SSSR count). The van der Waals surface area contributed by atoms with Gasteiger partial charge in [-0.2, -0.15) is 8.78 Å². The second kappa shape index (κ2) is 9.10. The molecule has 0 saturated heterocycles. The molecule has 1 aromatic rings. The molecule has 8 heteroatoms. The maximum Gasteiger partial charge on any atom is 0.387 e. The molecule has 1 saturated carbocycles. The summed E-state index contributed by atoms with van der Waals surface area (Å²) in [5, 5.41) is 2.07. The van der Waals surface area contributed by atoms with Crippen LogP contribution >= 0.6 is 0 Å².